The normalized spacial score (nSPS) is 17.1. The van der Waals surface area contributed by atoms with Gasteiger partial charge >= 0.3 is 11.9 Å². The number of rotatable bonds is 16. The highest BCUT2D eigenvalue weighted by Gasteiger charge is 2.29. The average molecular weight is 722 g/mol. The van der Waals surface area contributed by atoms with Crippen molar-refractivity contribution in [1.29, 1.82) is 0 Å². The second kappa shape index (κ2) is 16.5. The van der Waals surface area contributed by atoms with Crippen molar-refractivity contribution in [3.63, 3.8) is 0 Å². The maximum absolute atomic E-state index is 12.9. The summed E-state index contributed by atoms with van der Waals surface area (Å²) in [5, 5.41) is 18.9. The van der Waals surface area contributed by atoms with Crippen LogP contribution in [0.2, 0.25) is 0 Å². The summed E-state index contributed by atoms with van der Waals surface area (Å²) in [5.41, 5.74) is 2.04. The van der Waals surface area contributed by atoms with Gasteiger partial charge in [-0.05, 0) is 17.7 Å². The van der Waals surface area contributed by atoms with Crippen LogP contribution in [-0.2, 0) is 32.2 Å². The zero-order valence-corrected chi connectivity index (χ0v) is 28.7. The van der Waals surface area contributed by atoms with Crippen molar-refractivity contribution in [2.45, 2.75) is 57.4 Å². The number of hydrogen-bond donors (Lipinski definition) is 2. The Morgan fingerprint density at radius 2 is 1.60 bits per heavy atom. The van der Waals surface area contributed by atoms with E-state index in [-0.39, 0.29) is 68.9 Å². The number of pyridine rings is 2. The number of esters is 1. The van der Waals surface area contributed by atoms with E-state index in [4.69, 9.17) is 28.8 Å². The molecular formula is C31H35N3O11S3. The third-order valence-corrected chi connectivity index (χ3v) is 11.0. The molecule has 3 aromatic rings. The van der Waals surface area contributed by atoms with Crippen LogP contribution in [0, 0.1) is 0 Å². The fraction of sp³-hybridized carbons (Fsp3) is 0.484. The molecule has 0 bridgehead atoms. The highest BCUT2D eigenvalue weighted by molar-refractivity contribution is 8.76. The number of carbonyl (C=O) groups is 4. The van der Waals surface area contributed by atoms with Gasteiger partial charge in [-0.25, -0.2) is 9.97 Å². The Morgan fingerprint density at radius 3 is 2.31 bits per heavy atom. The number of fused-ring (bicyclic) bond motifs is 2. The lowest BCUT2D eigenvalue weighted by Crippen LogP contribution is -2.37. The first kappa shape index (κ1) is 35.5. The second-order valence-corrected chi connectivity index (χ2v) is 14.5. The standard InChI is InChI=1S/C31H35N3O11S3/c1-41-22-10-17-13-34(27(37)5-6-28(38)39)14-19(17)33-30(22)43-8-3-9-44-31-23(42-2)12-25-18(32-31)11-26(48-25)20(35)4-7-29(40)45-24-16-47-46-15-21(24)36/h10-12,21,24,36H,3-9,13-16H2,1-2H3,(H,38,39)/t21-,24-/m0/s1. The molecule has 0 saturated carbocycles. The number of ether oxygens (including phenoxy) is 5. The van der Waals surface area contributed by atoms with Crippen LogP contribution in [0.25, 0.3) is 10.2 Å². The van der Waals surface area contributed by atoms with Crippen molar-refractivity contribution in [3.8, 4) is 23.3 Å². The average Bonchev–Trinajstić information content (AvgIpc) is 3.69. The van der Waals surface area contributed by atoms with E-state index in [9.17, 15) is 24.3 Å². The minimum absolute atomic E-state index is 0.0239. The summed E-state index contributed by atoms with van der Waals surface area (Å²) in [6.07, 6.45) is -1.22. The zero-order chi connectivity index (χ0) is 34.2. The zero-order valence-electron chi connectivity index (χ0n) is 26.3. The predicted molar refractivity (Wildman–Crippen MR) is 178 cm³/mol. The molecule has 0 spiro atoms. The van der Waals surface area contributed by atoms with E-state index in [0.29, 0.717) is 52.1 Å². The van der Waals surface area contributed by atoms with Gasteiger partial charge in [-0.1, -0.05) is 21.6 Å². The number of Topliss-reactive ketones (excluding diaryl/α,β-unsaturated/α-hetero) is 1. The number of amides is 1. The summed E-state index contributed by atoms with van der Waals surface area (Å²) in [6, 6.07) is 5.18. The molecule has 17 heteroatoms. The van der Waals surface area contributed by atoms with E-state index >= 15 is 0 Å². The molecule has 5 rings (SSSR count). The lowest BCUT2D eigenvalue weighted by atomic mass is 10.2. The summed E-state index contributed by atoms with van der Waals surface area (Å²) in [6.45, 7) is 1.06. The summed E-state index contributed by atoms with van der Waals surface area (Å²) in [7, 11) is 6.07. The van der Waals surface area contributed by atoms with Crippen LogP contribution in [-0.4, -0.2) is 99.9 Å². The van der Waals surface area contributed by atoms with Crippen molar-refractivity contribution in [2.24, 2.45) is 0 Å². The van der Waals surface area contributed by atoms with E-state index in [2.05, 4.69) is 9.97 Å². The molecule has 1 amide bonds. The lowest BCUT2D eigenvalue weighted by Gasteiger charge is -2.26. The van der Waals surface area contributed by atoms with Gasteiger partial charge in [-0.15, -0.1) is 11.3 Å². The van der Waals surface area contributed by atoms with Crippen molar-refractivity contribution >= 4 is 66.8 Å². The number of hydrogen-bond acceptors (Lipinski definition) is 15. The second-order valence-electron chi connectivity index (χ2n) is 10.9. The molecule has 1 fully saturated rings. The van der Waals surface area contributed by atoms with Gasteiger partial charge < -0.3 is 38.8 Å². The van der Waals surface area contributed by atoms with E-state index in [0.717, 1.165) is 10.3 Å². The Balaban J connectivity index is 1.11. The molecule has 5 heterocycles. The van der Waals surface area contributed by atoms with Gasteiger partial charge in [0.05, 0.1) is 67.6 Å². The smallest absolute Gasteiger partial charge is 0.306 e. The molecule has 2 aliphatic heterocycles. The Labute approximate surface area is 287 Å². The first-order valence-electron chi connectivity index (χ1n) is 15.1. The molecule has 0 aliphatic carbocycles. The van der Waals surface area contributed by atoms with E-state index in [1.807, 2.05) is 0 Å². The van der Waals surface area contributed by atoms with Gasteiger partial charge in [0.2, 0.25) is 5.91 Å². The topological polar surface area (TPSA) is 184 Å². The van der Waals surface area contributed by atoms with Crippen LogP contribution in [0.15, 0.2) is 18.2 Å². The third-order valence-electron chi connectivity index (χ3n) is 7.47. The molecule has 14 nitrogen and oxygen atoms in total. The lowest BCUT2D eigenvalue weighted by molar-refractivity contribution is -0.152. The number of methoxy groups -OCH3 is 2. The summed E-state index contributed by atoms with van der Waals surface area (Å²) in [4.78, 5) is 59.5. The Morgan fingerprint density at radius 1 is 0.896 bits per heavy atom. The molecule has 48 heavy (non-hydrogen) atoms. The minimum Gasteiger partial charge on any atom is -0.491 e. The third kappa shape index (κ3) is 9.00. The molecule has 0 aromatic carbocycles. The van der Waals surface area contributed by atoms with Gasteiger partial charge in [0.1, 0.15) is 12.2 Å². The number of aliphatic hydroxyl groups excluding tert-OH is 1. The molecule has 0 radical (unpaired) electrons. The largest absolute Gasteiger partial charge is 0.491 e. The van der Waals surface area contributed by atoms with Crippen molar-refractivity contribution in [2.75, 3.05) is 38.9 Å². The number of carboxylic acid groups (broad SMARTS) is 1. The molecule has 1 saturated heterocycles. The van der Waals surface area contributed by atoms with Crippen LogP contribution < -0.4 is 18.9 Å². The van der Waals surface area contributed by atoms with Crippen LogP contribution >= 0.6 is 32.9 Å². The number of nitrogens with zero attached hydrogens (tertiary/aromatic N) is 3. The maximum Gasteiger partial charge on any atom is 0.306 e. The first-order valence-corrected chi connectivity index (χ1v) is 18.4. The highest BCUT2D eigenvalue weighted by atomic mass is 33.1. The number of thiophene rings is 1. The van der Waals surface area contributed by atoms with Gasteiger partial charge in [-0.3, -0.25) is 19.2 Å². The summed E-state index contributed by atoms with van der Waals surface area (Å²) < 4.78 is 28.8. The van der Waals surface area contributed by atoms with E-state index in [1.165, 1.54) is 36.4 Å². The molecule has 2 atom stereocenters. The molecule has 2 N–H and O–H groups in total. The Kier molecular flexibility index (Phi) is 12.2. The van der Waals surface area contributed by atoms with Crippen molar-refractivity contribution in [3.05, 3.63) is 34.3 Å². The van der Waals surface area contributed by atoms with E-state index < -0.39 is 24.1 Å². The maximum atomic E-state index is 12.9. The SMILES string of the molecule is COc1cc2c(nc1OCCCOc1nc3cc(C(=O)CCC(=O)O[C@H]4CSSC[C@@H]4O)sc3cc1OC)CN(C(=O)CCC(=O)O)C2. The number of ketones is 1. The molecule has 2 aliphatic rings. The highest BCUT2D eigenvalue weighted by Crippen LogP contribution is 2.36. The predicted octanol–water partition coefficient (Wildman–Crippen LogP) is 3.89. The Hall–Kier alpha value is -3.80. The number of aromatic nitrogens is 2. The van der Waals surface area contributed by atoms with Crippen LogP contribution in [0.1, 0.15) is 53.0 Å². The van der Waals surface area contributed by atoms with Crippen molar-refractivity contribution in [1.82, 2.24) is 14.9 Å². The summed E-state index contributed by atoms with van der Waals surface area (Å²) >= 11 is 1.25. The molecular weight excluding hydrogens is 687 g/mol. The van der Waals surface area contributed by atoms with E-state index in [1.54, 1.807) is 33.9 Å². The minimum atomic E-state index is -1.02. The van der Waals surface area contributed by atoms with Crippen LogP contribution in [0.5, 0.6) is 23.3 Å². The van der Waals surface area contributed by atoms with Gasteiger partial charge in [0.25, 0.3) is 11.8 Å². The van der Waals surface area contributed by atoms with Gasteiger partial charge in [-0.2, -0.15) is 0 Å². The number of aliphatic hydroxyl groups is 1. The van der Waals surface area contributed by atoms with Crippen LogP contribution in [0.4, 0.5) is 0 Å². The first-order chi connectivity index (χ1) is 23.1. The molecule has 258 valence electrons. The molecule has 3 aromatic heterocycles. The summed E-state index contributed by atoms with van der Waals surface area (Å²) in [5.74, 6) is 0.357. The van der Waals surface area contributed by atoms with Crippen molar-refractivity contribution < 1.29 is 53.1 Å². The number of carbonyl (C=O) groups excluding carboxylic acids is 3. The fourth-order valence-corrected chi connectivity index (χ4v) is 8.28. The fourth-order valence-electron chi connectivity index (χ4n) is 4.91. The molecule has 0 unspecified atom stereocenters. The van der Waals surface area contributed by atoms with Gasteiger partial charge in [0.15, 0.2) is 17.3 Å². The van der Waals surface area contributed by atoms with Crippen LogP contribution in [0.3, 0.4) is 0 Å². The monoisotopic (exact) mass is 721 g/mol. The van der Waals surface area contributed by atoms with Gasteiger partial charge in [0, 0.05) is 43.4 Å². The number of aliphatic carboxylic acids is 1. The quantitative estimate of drug-likeness (QED) is 0.0939. The Bertz CT molecular complexity index is 1670. The number of carboxylic acids is 1.